The van der Waals surface area contributed by atoms with E-state index >= 15 is 0 Å². The molecule has 2 heterocycles. The maximum Gasteiger partial charge on any atom is 0.276 e. The van der Waals surface area contributed by atoms with Gasteiger partial charge in [-0.15, -0.1) is 10.2 Å². The van der Waals surface area contributed by atoms with Gasteiger partial charge >= 0.3 is 0 Å². The topological polar surface area (TPSA) is 61.4 Å². The first kappa shape index (κ1) is 18.9. The van der Waals surface area contributed by atoms with Crippen molar-refractivity contribution in [3.05, 3.63) is 77.5 Å². The first-order valence-corrected chi connectivity index (χ1v) is 9.87. The number of hydrogen-bond donors (Lipinski definition) is 1. The zero-order valence-corrected chi connectivity index (χ0v) is 16.8. The highest BCUT2D eigenvalue weighted by Gasteiger charge is 2.19. The van der Waals surface area contributed by atoms with Crippen LogP contribution >= 0.6 is 0 Å². The Morgan fingerprint density at radius 1 is 0.828 bits per heavy atom. The predicted octanol–water partition coefficient (Wildman–Crippen LogP) is 3.67. The molecule has 0 unspecified atom stereocenters. The zero-order chi connectivity index (χ0) is 20.2. The minimum absolute atomic E-state index is 0.247. The van der Waals surface area contributed by atoms with Crippen molar-refractivity contribution >= 4 is 23.1 Å². The molecule has 1 saturated heterocycles. The third kappa shape index (κ3) is 4.54. The molecule has 6 heteroatoms. The molecule has 0 aliphatic carbocycles. The number of hydrogen-bond acceptors (Lipinski definition) is 5. The van der Waals surface area contributed by atoms with Crippen molar-refractivity contribution in [3.63, 3.8) is 0 Å². The SMILES string of the molecule is Cc1cc(C)cc(NC(=O)c2ccc(N3CCN(c4ccccc4)CC3)nn2)c1. The second-order valence-corrected chi connectivity index (χ2v) is 7.42. The molecular formula is C23H25N5O. The summed E-state index contributed by atoms with van der Waals surface area (Å²) in [5, 5.41) is 11.4. The van der Waals surface area contributed by atoms with Gasteiger partial charge in [-0.25, -0.2) is 0 Å². The molecule has 0 spiro atoms. The highest BCUT2D eigenvalue weighted by Crippen LogP contribution is 2.19. The largest absolute Gasteiger partial charge is 0.368 e. The van der Waals surface area contributed by atoms with Gasteiger partial charge in [0.15, 0.2) is 11.5 Å². The number of nitrogens with one attached hydrogen (secondary N) is 1. The molecule has 4 rings (SSSR count). The molecule has 1 amide bonds. The Morgan fingerprint density at radius 2 is 1.48 bits per heavy atom. The molecule has 148 valence electrons. The molecule has 29 heavy (non-hydrogen) atoms. The lowest BCUT2D eigenvalue weighted by molar-refractivity contribution is 0.102. The maximum absolute atomic E-state index is 12.5. The minimum Gasteiger partial charge on any atom is -0.368 e. The number of piperazine rings is 1. The van der Waals surface area contributed by atoms with Gasteiger partial charge in [0.1, 0.15) is 0 Å². The summed E-state index contributed by atoms with van der Waals surface area (Å²) in [6, 6.07) is 20.0. The van der Waals surface area contributed by atoms with E-state index in [1.807, 2.05) is 38.1 Å². The van der Waals surface area contributed by atoms with Crippen LogP contribution in [0.2, 0.25) is 0 Å². The van der Waals surface area contributed by atoms with E-state index in [-0.39, 0.29) is 5.91 Å². The Bertz CT molecular complexity index is 960. The summed E-state index contributed by atoms with van der Waals surface area (Å²) in [5.41, 5.74) is 4.55. The van der Waals surface area contributed by atoms with Gasteiger partial charge in [0.2, 0.25) is 0 Å². The van der Waals surface area contributed by atoms with Gasteiger partial charge in [-0.05, 0) is 61.4 Å². The van der Waals surface area contributed by atoms with Crippen molar-refractivity contribution in [3.8, 4) is 0 Å². The van der Waals surface area contributed by atoms with Crippen molar-refractivity contribution in [2.75, 3.05) is 41.3 Å². The van der Waals surface area contributed by atoms with Gasteiger partial charge in [-0.3, -0.25) is 4.79 Å². The highest BCUT2D eigenvalue weighted by molar-refractivity contribution is 6.02. The molecule has 1 aromatic heterocycles. The number of carbonyl (C=O) groups excluding carboxylic acids is 1. The van der Waals surface area contributed by atoms with Crippen LogP contribution in [0.1, 0.15) is 21.6 Å². The van der Waals surface area contributed by atoms with E-state index in [2.05, 4.69) is 55.6 Å². The van der Waals surface area contributed by atoms with Gasteiger partial charge in [0.25, 0.3) is 5.91 Å². The molecule has 1 fully saturated rings. The van der Waals surface area contributed by atoms with Crippen LogP contribution in [0.4, 0.5) is 17.2 Å². The smallest absolute Gasteiger partial charge is 0.276 e. The van der Waals surface area contributed by atoms with Crippen LogP contribution in [-0.2, 0) is 0 Å². The molecule has 1 aliphatic rings. The molecule has 0 bridgehead atoms. The number of aromatic nitrogens is 2. The minimum atomic E-state index is -0.247. The lowest BCUT2D eigenvalue weighted by Gasteiger charge is -2.36. The maximum atomic E-state index is 12.5. The molecule has 6 nitrogen and oxygen atoms in total. The first-order chi connectivity index (χ1) is 14.1. The number of nitrogens with zero attached hydrogens (tertiary/aromatic N) is 4. The number of amides is 1. The molecular weight excluding hydrogens is 362 g/mol. The number of carbonyl (C=O) groups is 1. The summed E-state index contributed by atoms with van der Waals surface area (Å²) in [4.78, 5) is 17.1. The van der Waals surface area contributed by atoms with Crippen molar-refractivity contribution in [2.24, 2.45) is 0 Å². The summed E-state index contributed by atoms with van der Waals surface area (Å²) in [6.07, 6.45) is 0. The second kappa shape index (κ2) is 8.31. The molecule has 1 aliphatic heterocycles. The van der Waals surface area contributed by atoms with Gasteiger partial charge in [0, 0.05) is 37.6 Å². The summed E-state index contributed by atoms with van der Waals surface area (Å²) >= 11 is 0. The summed E-state index contributed by atoms with van der Waals surface area (Å²) in [6.45, 7) is 7.63. The van der Waals surface area contributed by atoms with E-state index in [9.17, 15) is 4.79 Å². The average Bonchev–Trinajstić information content (AvgIpc) is 2.74. The zero-order valence-electron chi connectivity index (χ0n) is 16.8. The number of benzene rings is 2. The predicted molar refractivity (Wildman–Crippen MR) is 117 cm³/mol. The van der Waals surface area contributed by atoms with Crippen LogP contribution in [0, 0.1) is 13.8 Å². The van der Waals surface area contributed by atoms with E-state index in [0.717, 1.165) is 48.8 Å². The van der Waals surface area contributed by atoms with E-state index in [0.29, 0.717) is 5.69 Å². The van der Waals surface area contributed by atoms with Crippen LogP contribution in [0.15, 0.2) is 60.7 Å². The van der Waals surface area contributed by atoms with Crippen LogP contribution in [0.25, 0.3) is 0 Å². The fourth-order valence-electron chi connectivity index (χ4n) is 3.69. The third-order valence-electron chi connectivity index (χ3n) is 5.09. The fourth-order valence-corrected chi connectivity index (χ4v) is 3.69. The van der Waals surface area contributed by atoms with E-state index in [1.165, 1.54) is 5.69 Å². The highest BCUT2D eigenvalue weighted by atomic mass is 16.1. The van der Waals surface area contributed by atoms with E-state index in [1.54, 1.807) is 6.07 Å². The van der Waals surface area contributed by atoms with Gasteiger partial charge in [-0.2, -0.15) is 0 Å². The van der Waals surface area contributed by atoms with Crippen LogP contribution in [0.5, 0.6) is 0 Å². The van der Waals surface area contributed by atoms with Gasteiger partial charge in [0.05, 0.1) is 0 Å². The van der Waals surface area contributed by atoms with Gasteiger partial charge < -0.3 is 15.1 Å². The Morgan fingerprint density at radius 3 is 2.10 bits per heavy atom. The van der Waals surface area contributed by atoms with Crippen LogP contribution in [0.3, 0.4) is 0 Å². The van der Waals surface area contributed by atoms with E-state index < -0.39 is 0 Å². The number of aryl methyl sites for hydroxylation is 2. The summed E-state index contributed by atoms with van der Waals surface area (Å²) < 4.78 is 0. The Labute approximate surface area is 171 Å². The second-order valence-electron chi connectivity index (χ2n) is 7.42. The van der Waals surface area contributed by atoms with Crippen LogP contribution in [-0.4, -0.2) is 42.3 Å². The van der Waals surface area contributed by atoms with Crippen LogP contribution < -0.4 is 15.1 Å². The third-order valence-corrected chi connectivity index (χ3v) is 5.09. The monoisotopic (exact) mass is 387 g/mol. The molecule has 0 atom stereocenters. The summed E-state index contributed by atoms with van der Waals surface area (Å²) in [7, 11) is 0. The molecule has 0 saturated carbocycles. The first-order valence-electron chi connectivity index (χ1n) is 9.87. The molecule has 0 radical (unpaired) electrons. The van der Waals surface area contributed by atoms with Crippen molar-refractivity contribution in [1.82, 2.24) is 10.2 Å². The standard InChI is InChI=1S/C23H25N5O/c1-17-14-18(2)16-19(15-17)24-23(29)21-8-9-22(26-25-21)28-12-10-27(11-13-28)20-6-4-3-5-7-20/h3-9,14-16H,10-13H2,1-2H3,(H,24,29). The lowest BCUT2D eigenvalue weighted by atomic mass is 10.1. The molecule has 1 N–H and O–H groups in total. The molecule has 2 aromatic carbocycles. The van der Waals surface area contributed by atoms with Crippen molar-refractivity contribution in [1.29, 1.82) is 0 Å². The van der Waals surface area contributed by atoms with Crippen molar-refractivity contribution in [2.45, 2.75) is 13.8 Å². The van der Waals surface area contributed by atoms with Gasteiger partial charge in [-0.1, -0.05) is 24.3 Å². The van der Waals surface area contributed by atoms with Crippen molar-refractivity contribution < 1.29 is 4.79 Å². The normalized spacial score (nSPS) is 14.0. The average molecular weight is 387 g/mol. The summed E-state index contributed by atoms with van der Waals surface area (Å²) in [5.74, 6) is 0.559. The Kier molecular flexibility index (Phi) is 5.42. The number of rotatable bonds is 4. The lowest BCUT2D eigenvalue weighted by Crippen LogP contribution is -2.46. The molecule has 3 aromatic rings. The number of anilines is 3. The fraction of sp³-hybridized carbons (Fsp3) is 0.261. The number of para-hydroxylation sites is 1. The van der Waals surface area contributed by atoms with E-state index in [4.69, 9.17) is 0 Å². The Balaban J connectivity index is 1.37. The Hall–Kier alpha value is -3.41. The quantitative estimate of drug-likeness (QED) is 0.740.